The Kier molecular flexibility index (Phi) is 5.47. The van der Waals surface area contributed by atoms with Gasteiger partial charge >= 0.3 is 0 Å². The first-order chi connectivity index (χ1) is 10.0. The van der Waals surface area contributed by atoms with Crippen LogP contribution in [0, 0.1) is 5.82 Å². The van der Waals surface area contributed by atoms with Crippen molar-refractivity contribution in [3.63, 3.8) is 0 Å². The molecule has 0 amide bonds. The predicted octanol–water partition coefficient (Wildman–Crippen LogP) is 3.85. The van der Waals surface area contributed by atoms with Crippen LogP contribution in [0.15, 0.2) is 29.1 Å². The molecule has 0 radical (unpaired) electrons. The van der Waals surface area contributed by atoms with Crippen LogP contribution in [-0.4, -0.2) is 21.3 Å². The summed E-state index contributed by atoms with van der Waals surface area (Å²) >= 11 is 3.56. The molecule has 6 heteroatoms. The van der Waals surface area contributed by atoms with E-state index in [4.69, 9.17) is 0 Å². The van der Waals surface area contributed by atoms with Gasteiger partial charge in [-0.05, 0) is 54.4 Å². The Morgan fingerprint density at radius 2 is 2.10 bits per heavy atom. The van der Waals surface area contributed by atoms with Crippen LogP contribution >= 0.6 is 15.9 Å². The van der Waals surface area contributed by atoms with E-state index >= 15 is 0 Å². The highest BCUT2D eigenvalue weighted by atomic mass is 79.9. The van der Waals surface area contributed by atoms with Crippen molar-refractivity contribution in [1.29, 1.82) is 0 Å². The normalized spacial score (nSPS) is 12.9. The Labute approximate surface area is 132 Å². The molecule has 2 aromatic heterocycles. The van der Waals surface area contributed by atoms with Crippen LogP contribution in [0.25, 0.3) is 0 Å². The number of rotatable bonds is 6. The molecule has 0 saturated carbocycles. The first-order valence-corrected chi connectivity index (χ1v) is 7.90. The molecule has 0 spiro atoms. The molecule has 2 heterocycles. The van der Waals surface area contributed by atoms with Gasteiger partial charge in [-0.3, -0.25) is 9.67 Å². The van der Waals surface area contributed by atoms with E-state index in [0.717, 1.165) is 28.7 Å². The molecule has 0 aromatic carbocycles. The van der Waals surface area contributed by atoms with Gasteiger partial charge in [0.05, 0.1) is 28.6 Å². The summed E-state index contributed by atoms with van der Waals surface area (Å²) in [5, 5.41) is 7.86. The molecule has 1 N–H and O–H groups in total. The van der Waals surface area contributed by atoms with Crippen LogP contribution in [0.1, 0.15) is 50.5 Å². The van der Waals surface area contributed by atoms with Crippen molar-refractivity contribution >= 4 is 15.9 Å². The van der Waals surface area contributed by atoms with Gasteiger partial charge in [0.25, 0.3) is 0 Å². The number of hydrogen-bond acceptors (Lipinski definition) is 3. The van der Waals surface area contributed by atoms with Gasteiger partial charge in [-0.2, -0.15) is 5.10 Å². The second-order valence-corrected chi connectivity index (χ2v) is 6.09. The molecule has 0 saturated heterocycles. The van der Waals surface area contributed by atoms with E-state index in [0.29, 0.717) is 0 Å². The van der Waals surface area contributed by atoms with E-state index in [-0.39, 0.29) is 17.9 Å². The lowest BCUT2D eigenvalue weighted by atomic mass is 10.0. The monoisotopic (exact) mass is 354 g/mol. The van der Waals surface area contributed by atoms with E-state index in [2.05, 4.69) is 52.1 Å². The Balaban J connectivity index is 2.48. The van der Waals surface area contributed by atoms with Crippen molar-refractivity contribution in [3.05, 3.63) is 46.2 Å². The maximum atomic E-state index is 13.5. The molecule has 114 valence electrons. The van der Waals surface area contributed by atoms with Crippen LogP contribution in [0.4, 0.5) is 4.39 Å². The topological polar surface area (TPSA) is 42.7 Å². The quantitative estimate of drug-likeness (QED) is 0.856. The summed E-state index contributed by atoms with van der Waals surface area (Å²) < 4.78 is 16.4. The molecule has 1 atom stereocenters. The number of nitrogens with zero attached hydrogens (tertiary/aromatic N) is 3. The highest BCUT2D eigenvalue weighted by molar-refractivity contribution is 9.10. The first-order valence-electron chi connectivity index (χ1n) is 7.11. The molecule has 0 aliphatic carbocycles. The fraction of sp³-hybridized carbons (Fsp3) is 0.467. The summed E-state index contributed by atoms with van der Waals surface area (Å²) in [6.45, 7) is 7.08. The number of halogens is 2. The molecular weight excluding hydrogens is 335 g/mol. The molecule has 0 aliphatic rings. The minimum atomic E-state index is -0.331. The average molecular weight is 355 g/mol. The summed E-state index contributed by atoms with van der Waals surface area (Å²) in [6.07, 6.45) is 5.69. The maximum absolute atomic E-state index is 13.5. The number of pyridine rings is 1. The fourth-order valence-corrected chi connectivity index (χ4v) is 2.78. The van der Waals surface area contributed by atoms with Crippen LogP contribution in [0.2, 0.25) is 0 Å². The second kappa shape index (κ2) is 7.13. The lowest BCUT2D eigenvalue weighted by Crippen LogP contribution is -2.27. The molecule has 1 unspecified atom stereocenters. The van der Waals surface area contributed by atoms with E-state index in [1.54, 1.807) is 12.4 Å². The highest BCUT2D eigenvalue weighted by Gasteiger charge is 2.23. The third kappa shape index (κ3) is 3.68. The van der Waals surface area contributed by atoms with Gasteiger partial charge in [0.1, 0.15) is 5.82 Å². The van der Waals surface area contributed by atoms with Crippen molar-refractivity contribution in [3.8, 4) is 0 Å². The molecule has 2 rings (SSSR count). The van der Waals surface area contributed by atoms with Crippen molar-refractivity contribution in [2.75, 3.05) is 6.54 Å². The average Bonchev–Trinajstić information content (AvgIpc) is 2.82. The van der Waals surface area contributed by atoms with Gasteiger partial charge in [-0.25, -0.2) is 4.39 Å². The van der Waals surface area contributed by atoms with Crippen molar-refractivity contribution in [1.82, 2.24) is 20.1 Å². The lowest BCUT2D eigenvalue weighted by molar-refractivity contribution is 0.469. The first kappa shape index (κ1) is 16.1. The zero-order valence-electron chi connectivity index (χ0n) is 12.5. The van der Waals surface area contributed by atoms with E-state index < -0.39 is 0 Å². The molecule has 0 fully saturated rings. The molecule has 0 aliphatic heterocycles. The minimum Gasteiger partial charge on any atom is -0.305 e. The molecule has 0 bridgehead atoms. The Hall–Kier alpha value is -1.27. The molecule has 2 aromatic rings. The summed E-state index contributed by atoms with van der Waals surface area (Å²) in [6, 6.07) is 1.59. The van der Waals surface area contributed by atoms with Gasteiger partial charge < -0.3 is 5.32 Å². The molecular formula is C15H20BrFN4. The van der Waals surface area contributed by atoms with Crippen molar-refractivity contribution < 1.29 is 4.39 Å². The van der Waals surface area contributed by atoms with E-state index in [1.807, 2.05) is 4.68 Å². The molecule has 21 heavy (non-hydrogen) atoms. The number of hydrogen-bond donors (Lipinski definition) is 1. The zero-order valence-corrected chi connectivity index (χ0v) is 14.1. The number of nitrogens with one attached hydrogen (secondary N) is 1. The van der Waals surface area contributed by atoms with E-state index in [9.17, 15) is 4.39 Å². The van der Waals surface area contributed by atoms with Crippen LogP contribution in [0.5, 0.6) is 0 Å². The third-order valence-electron chi connectivity index (χ3n) is 3.21. The standard InChI is InChI=1S/C15H20BrFN4/c1-4-5-19-14(11-6-12(17)8-18-7-11)15-13(16)9-20-21(15)10(2)3/h6-10,14,19H,4-5H2,1-3H3. The largest absolute Gasteiger partial charge is 0.305 e. The van der Waals surface area contributed by atoms with Crippen LogP contribution in [0.3, 0.4) is 0 Å². The van der Waals surface area contributed by atoms with Crippen molar-refractivity contribution in [2.24, 2.45) is 0 Å². The minimum absolute atomic E-state index is 0.146. The summed E-state index contributed by atoms with van der Waals surface area (Å²) in [5.41, 5.74) is 1.79. The lowest BCUT2D eigenvalue weighted by Gasteiger charge is -2.22. The molecule has 4 nitrogen and oxygen atoms in total. The predicted molar refractivity (Wildman–Crippen MR) is 84.6 cm³/mol. The van der Waals surface area contributed by atoms with Crippen LogP contribution < -0.4 is 5.32 Å². The van der Waals surface area contributed by atoms with E-state index in [1.165, 1.54) is 12.3 Å². The Morgan fingerprint density at radius 3 is 2.71 bits per heavy atom. The maximum Gasteiger partial charge on any atom is 0.141 e. The third-order valence-corrected chi connectivity index (χ3v) is 3.82. The van der Waals surface area contributed by atoms with Gasteiger partial charge in [0.2, 0.25) is 0 Å². The smallest absolute Gasteiger partial charge is 0.141 e. The summed E-state index contributed by atoms with van der Waals surface area (Å²) in [7, 11) is 0. The Morgan fingerprint density at radius 1 is 1.33 bits per heavy atom. The second-order valence-electron chi connectivity index (χ2n) is 5.24. The van der Waals surface area contributed by atoms with Gasteiger partial charge in [-0.1, -0.05) is 6.92 Å². The number of aromatic nitrogens is 3. The van der Waals surface area contributed by atoms with Crippen molar-refractivity contribution in [2.45, 2.75) is 39.3 Å². The highest BCUT2D eigenvalue weighted by Crippen LogP contribution is 2.30. The van der Waals surface area contributed by atoms with Gasteiger partial charge in [0.15, 0.2) is 0 Å². The zero-order chi connectivity index (χ0) is 15.4. The van der Waals surface area contributed by atoms with Gasteiger partial charge in [-0.15, -0.1) is 0 Å². The SMILES string of the molecule is CCCNC(c1cncc(F)c1)c1c(Br)cnn1C(C)C. The Bertz CT molecular complexity index is 597. The summed E-state index contributed by atoms with van der Waals surface area (Å²) in [5.74, 6) is -0.331. The van der Waals surface area contributed by atoms with Gasteiger partial charge in [0, 0.05) is 12.2 Å². The summed E-state index contributed by atoms with van der Waals surface area (Å²) in [4.78, 5) is 3.97. The fourth-order valence-electron chi connectivity index (χ4n) is 2.28. The van der Waals surface area contributed by atoms with Crippen LogP contribution in [-0.2, 0) is 0 Å².